The summed E-state index contributed by atoms with van der Waals surface area (Å²) in [7, 11) is 0. The van der Waals surface area contributed by atoms with Crippen molar-refractivity contribution in [3.8, 4) is 0 Å². The lowest BCUT2D eigenvalue weighted by Crippen LogP contribution is -2.14. The van der Waals surface area contributed by atoms with Crippen LogP contribution in [-0.2, 0) is 5.41 Å². The standard InChI is InChI=1S/C15H19N3O/c1-15(2,3)12-6-4-5-11(7-12)14(19)18-13-8-16-10-17-9-13/h4-10,14,18-19H,1-3H3. The summed E-state index contributed by atoms with van der Waals surface area (Å²) < 4.78 is 0. The highest BCUT2D eigenvalue weighted by Gasteiger charge is 2.15. The van der Waals surface area contributed by atoms with E-state index in [0.29, 0.717) is 5.69 Å². The predicted octanol–water partition coefficient (Wildman–Crippen LogP) is 2.88. The number of aliphatic hydroxyl groups excluding tert-OH is 1. The third kappa shape index (κ3) is 3.51. The number of nitrogens with one attached hydrogen (secondary N) is 1. The highest BCUT2D eigenvalue weighted by molar-refractivity contribution is 5.41. The molecule has 0 aliphatic heterocycles. The number of aromatic nitrogens is 2. The van der Waals surface area contributed by atoms with E-state index in [4.69, 9.17) is 0 Å². The van der Waals surface area contributed by atoms with Gasteiger partial charge in [0, 0.05) is 5.56 Å². The van der Waals surface area contributed by atoms with Gasteiger partial charge in [-0.3, -0.25) is 0 Å². The Morgan fingerprint density at radius 3 is 2.47 bits per heavy atom. The Morgan fingerprint density at radius 2 is 1.84 bits per heavy atom. The molecule has 4 heteroatoms. The number of anilines is 1. The van der Waals surface area contributed by atoms with Gasteiger partial charge in [-0.15, -0.1) is 0 Å². The van der Waals surface area contributed by atoms with E-state index in [2.05, 4.69) is 42.1 Å². The van der Waals surface area contributed by atoms with E-state index in [1.807, 2.05) is 18.2 Å². The first-order chi connectivity index (χ1) is 8.97. The Hall–Kier alpha value is -1.94. The first-order valence-corrected chi connectivity index (χ1v) is 6.27. The number of benzene rings is 1. The van der Waals surface area contributed by atoms with Gasteiger partial charge in [-0.05, 0) is 11.0 Å². The molecule has 0 amide bonds. The van der Waals surface area contributed by atoms with Gasteiger partial charge in [0.25, 0.3) is 0 Å². The zero-order valence-corrected chi connectivity index (χ0v) is 11.5. The molecule has 1 atom stereocenters. The summed E-state index contributed by atoms with van der Waals surface area (Å²) in [5.41, 5.74) is 2.77. The van der Waals surface area contributed by atoms with Crippen molar-refractivity contribution < 1.29 is 5.11 Å². The normalized spacial score (nSPS) is 13.1. The summed E-state index contributed by atoms with van der Waals surface area (Å²) in [6.45, 7) is 6.45. The van der Waals surface area contributed by atoms with Gasteiger partial charge in [-0.2, -0.15) is 0 Å². The minimum Gasteiger partial charge on any atom is -0.369 e. The Bertz CT molecular complexity index is 535. The van der Waals surface area contributed by atoms with Crippen molar-refractivity contribution in [3.05, 3.63) is 54.1 Å². The first kappa shape index (κ1) is 13.5. The zero-order chi connectivity index (χ0) is 13.9. The minimum atomic E-state index is -0.770. The molecule has 0 bridgehead atoms. The van der Waals surface area contributed by atoms with Crippen molar-refractivity contribution >= 4 is 5.69 Å². The summed E-state index contributed by atoms with van der Waals surface area (Å²) >= 11 is 0. The number of nitrogens with zero attached hydrogens (tertiary/aromatic N) is 2. The van der Waals surface area contributed by atoms with E-state index in [-0.39, 0.29) is 5.41 Å². The molecule has 1 aromatic heterocycles. The van der Waals surface area contributed by atoms with Crippen LogP contribution in [0.25, 0.3) is 0 Å². The molecule has 0 saturated heterocycles. The van der Waals surface area contributed by atoms with Gasteiger partial charge >= 0.3 is 0 Å². The van der Waals surface area contributed by atoms with Crippen LogP contribution in [0.2, 0.25) is 0 Å². The molecule has 2 aromatic rings. The van der Waals surface area contributed by atoms with Crippen LogP contribution in [-0.4, -0.2) is 15.1 Å². The molecule has 0 radical (unpaired) electrons. The average Bonchev–Trinajstić information content (AvgIpc) is 2.39. The minimum absolute atomic E-state index is 0.0611. The summed E-state index contributed by atoms with van der Waals surface area (Å²) in [6.07, 6.45) is 3.94. The maximum Gasteiger partial charge on any atom is 0.150 e. The van der Waals surface area contributed by atoms with Crippen molar-refractivity contribution in [2.24, 2.45) is 0 Å². The molecule has 19 heavy (non-hydrogen) atoms. The number of hydrogen-bond donors (Lipinski definition) is 2. The summed E-state index contributed by atoms with van der Waals surface area (Å²) in [4.78, 5) is 7.81. The smallest absolute Gasteiger partial charge is 0.150 e. The molecule has 0 fully saturated rings. The Labute approximate surface area is 113 Å². The van der Waals surface area contributed by atoms with Crippen LogP contribution in [0.4, 0.5) is 5.69 Å². The molecule has 0 saturated carbocycles. The van der Waals surface area contributed by atoms with E-state index in [1.54, 1.807) is 12.4 Å². The maximum atomic E-state index is 10.2. The summed E-state index contributed by atoms with van der Waals surface area (Å²) in [5, 5.41) is 13.2. The van der Waals surface area contributed by atoms with Crippen LogP contribution in [0.1, 0.15) is 38.1 Å². The summed E-state index contributed by atoms with van der Waals surface area (Å²) in [6, 6.07) is 7.95. The summed E-state index contributed by atoms with van der Waals surface area (Å²) in [5.74, 6) is 0. The number of aliphatic hydroxyl groups is 1. The topological polar surface area (TPSA) is 58.0 Å². The van der Waals surface area contributed by atoms with Crippen molar-refractivity contribution in [1.82, 2.24) is 9.97 Å². The molecule has 2 rings (SSSR count). The van der Waals surface area contributed by atoms with Gasteiger partial charge in [-0.25, -0.2) is 9.97 Å². The third-order valence-corrected chi connectivity index (χ3v) is 2.93. The maximum absolute atomic E-state index is 10.2. The van der Waals surface area contributed by atoms with Gasteiger partial charge in [0.2, 0.25) is 0 Å². The molecule has 1 heterocycles. The number of hydrogen-bond acceptors (Lipinski definition) is 4. The van der Waals surface area contributed by atoms with E-state index in [1.165, 1.54) is 11.9 Å². The van der Waals surface area contributed by atoms with Crippen molar-refractivity contribution in [1.29, 1.82) is 0 Å². The second kappa shape index (κ2) is 5.36. The average molecular weight is 257 g/mol. The molecule has 0 aliphatic carbocycles. The van der Waals surface area contributed by atoms with E-state index >= 15 is 0 Å². The molecule has 0 aliphatic rings. The molecule has 2 N–H and O–H groups in total. The van der Waals surface area contributed by atoms with Crippen LogP contribution < -0.4 is 5.32 Å². The van der Waals surface area contributed by atoms with Crippen LogP contribution >= 0.6 is 0 Å². The third-order valence-electron chi connectivity index (χ3n) is 2.93. The van der Waals surface area contributed by atoms with Gasteiger partial charge in [-0.1, -0.05) is 45.0 Å². The van der Waals surface area contributed by atoms with Crippen LogP contribution in [0, 0.1) is 0 Å². The largest absolute Gasteiger partial charge is 0.369 e. The molecule has 1 unspecified atom stereocenters. The van der Waals surface area contributed by atoms with Crippen LogP contribution in [0.15, 0.2) is 43.0 Å². The Balaban J connectivity index is 2.18. The van der Waals surface area contributed by atoms with Crippen molar-refractivity contribution in [3.63, 3.8) is 0 Å². The fraction of sp³-hybridized carbons (Fsp3) is 0.333. The van der Waals surface area contributed by atoms with Gasteiger partial charge in [0.05, 0.1) is 18.1 Å². The van der Waals surface area contributed by atoms with E-state index < -0.39 is 6.23 Å². The van der Waals surface area contributed by atoms with Crippen LogP contribution in [0.5, 0.6) is 0 Å². The van der Waals surface area contributed by atoms with Crippen molar-refractivity contribution in [2.75, 3.05) is 5.32 Å². The van der Waals surface area contributed by atoms with Crippen molar-refractivity contribution in [2.45, 2.75) is 32.4 Å². The number of rotatable bonds is 3. The van der Waals surface area contributed by atoms with Gasteiger partial charge in [0.15, 0.2) is 6.23 Å². The van der Waals surface area contributed by atoms with Crippen LogP contribution in [0.3, 0.4) is 0 Å². The lowest BCUT2D eigenvalue weighted by Gasteiger charge is -2.21. The lowest BCUT2D eigenvalue weighted by atomic mass is 9.86. The molecular formula is C15H19N3O. The quantitative estimate of drug-likeness (QED) is 0.830. The Kier molecular flexibility index (Phi) is 3.81. The van der Waals surface area contributed by atoms with E-state index in [9.17, 15) is 5.11 Å². The van der Waals surface area contributed by atoms with E-state index in [0.717, 1.165) is 5.56 Å². The molecule has 4 nitrogen and oxygen atoms in total. The molecule has 100 valence electrons. The van der Waals surface area contributed by atoms with Gasteiger partial charge < -0.3 is 10.4 Å². The Morgan fingerprint density at radius 1 is 1.16 bits per heavy atom. The fourth-order valence-corrected chi connectivity index (χ4v) is 1.79. The lowest BCUT2D eigenvalue weighted by molar-refractivity contribution is 0.208. The molecular weight excluding hydrogens is 238 g/mol. The second-order valence-electron chi connectivity index (χ2n) is 5.55. The zero-order valence-electron chi connectivity index (χ0n) is 11.5. The predicted molar refractivity (Wildman–Crippen MR) is 75.8 cm³/mol. The highest BCUT2D eigenvalue weighted by Crippen LogP contribution is 2.25. The molecule has 1 aromatic carbocycles. The molecule has 0 spiro atoms. The fourth-order valence-electron chi connectivity index (χ4n) is 1.79. The monoisotopic (exact) mass is 257 g/mol. The van der Waals surface area contributed by atoms with Gasteiger partial charge in [0.1, 0.15) is 6.33 Å². The first-order valence-electron chi connectivity index (χ1n) is 6.27. The highest BCUT2D eigenvalue weighted by atomic mass is 16.3. The SMILES string of the molecule is CC(C)(C)c1cccc(C(O)Nc2cncnc2)c1. The second-order valence-corrected chi connectivity index (χ2v) is 5.55.